The zero-order chi connectivity index (χ0) is 27.4. The Kier molecular flexibility index (Phi) is 5.41. The Hall–Kier alpha value is -4.99. The van der Waals surface area contributed by atoms with E-state index < -0.39 is 0 Å². The van der Waals surface area contributed by atoms with Crippen molar-refractivity contribution < 1.29 is 4.79 Å². The molecule has 8 rings (SSSR count). The molecular formula is C31H27N9O. The average molecular weight is 542 g/mol. The van der Waals surface area contributed by atoms with E-state index in [1.54, 1.807) is 21.6 Å². The maximum atomic E-state index is 12.2. The molecule has 0 aliphatic heterocycles. The molecule has 0 radical (unpaired) electrons. The Morgan fingerprint density at radius 3 is 2.63 bits per heavy atom. The second kappa shape index (κ2) is 9.29. The number of benzene rings is 2. The fourth-order valence-corrected chi connectivity index (χ4v) is 5.48. The molecule has 6 aromatic rings. The second-order valence-corrected chi connectivity index (χ2v) is 11.1. The van der Waals surface area contributed by atoms with Crippen molar-refractivity contribution in [3.8, 4) is 22.4 Å². The van der Waals surface area contributed by atoms with Crippen LogP contribution in [-0.2, 0) is 16.8 Å². The first-order valence-electron chi connectivity index (χ1n) is 14.0. The molecule has 2 fully saturated rings. The Bertz CT molecular complexity index is 1920. The molecule has 4 heterocycles. The minimum absolute atomic E-state index is 0.00479. The monoisotopic (exact) mass is 541 g/mol. The third-order valence-corrected chi connectivity index (χ3v) is 8.21. The maximum absolute atomic E-state index is 12.2. The van der Waals surface area contributed by atoms with Gasteiger partial charge in [0.05, 0.1) is 23.3 Å². The molecule has 2 aliphatic carbocycles. The summed E-state index contributed by atoms with van der Waals surface area (Å²) in [7, 11) is 0. The molecule has 41 heavy (non-hydrogen) atoms. The molecule has 10 heteroatoms. The van der Waals surface area contributed by atoms with Crippen LogP contribution in [0.4, 0.5) is 0 Å². The van der Waals surface area contributed by atoms with Crippen LogP contribution in [0.2, 0.25) is 0 Å². The van der Waals surface area contributed by atoms with Crippen LogP contribution in [0.3, 0.4) is 0 Å². The first-order chi connectivity index (χ1) is 20.1. The smallest absolute Gasteiger partial charge is 0.271 e. The summed E-state index contributed by atoms with van der Waals surface area (Å²) < 4.78 is 3.47. The van der Waals surface area contributed by atoms with Gasteiger partial charge in [-0.25, -0.2) is 4.98 Å². The van der Waals surface area contributed by atoms with Crippen molar-refractivity contribution in [1.82, 2.24) is 44.9 Å². The van der Waals surface area contributed by atoms with E-state index >= 15 is 0 Å². The second-order valence-electron chi connectivity index (χ2n) is 11.1. The molecule has 1 amide bonds. The summed E-state index contributed by atoms with van der Waals surface area (Å²) in [6.45, 7) is 0.987. The Morgan fingerprint density at radius 1 is 0.951 bits per heavy atom. The summed E-state index contributed by atoms with van der Waals surface area (Å²) in [5.41, 5.74) is 5.60. The van der Waals surface area contributed by atoms with Crippen LogP contribution in [0.5, 0.6) is 0 Å². The van der Waals surface area contributed by atoms with Gasteiger partial charge >= 0.3 is 0 Å². The number of pyridine rings is 1. The number of fused-ring (bicyclic) bond motifs is 2. The van der Waals surface area contributed by atoms with E-state index in [0.29, 0.717) is 11.7 Å². The first kappa shape index (κ1) is 23.9. The number of hydrogen-bond acceptors (Lipinski definition) is 7. The van der Waals surface area contributed by atoms with Gasteiger partial charge < -0.3 is 5.32 Å². The summed E-state index contributed by atoms with van der Waals surface area (Å²) in [5.74, 6) is 1.96. The average Bonchev–Trinajstić information content (AvgIpc) is 3.93. The van der Waals surface area contributed by atoms with Crippen LogP contribution in [-0.4, -0.2) is 52.0 Å². The number of carbonyl (C=O) groups excluding carboxylic acids is 1. The fraction of sp³-hybridized carbons (Fsp3) is 0.258. The molecular weight excluding hydrogens is 514 g/mol. The van der Waals surface area contributed by atoms with Gasteiger partial charge in [-0.05, 0) is 60.9 Å². The molecule has 0 saturated heterocycles. The van der Waals surface area contributed by atoms with E-state index in [2.05, 4.69) is 54.8 Å². The number of hydrogen-bond donors (Lipinski definition) is 1. The highest BCUT2D eigenvalue weighted by atomic mass is 16.2. The number of nitrogens with zero attached hydrogens (tertiary/aromatic N) is 8. The first-order valence-corrected chi connectivity index (χ1v) is 14.0. The Balaban J connectivity index is 1.04. The lowest BCUT2D eigenvalue weighted by atomic mass is 9.94. The molecule has 2 saturated carbocycles. The molecule has 2 aromatic carbocycles. The van der Waals surface area contributed by atoms with Gasteiger partial charge in [0.25, 0.3) is 5.78 Å². The summed E-state index contributed by atoms with van der Waals surface area (Å²) in [6.07, 6.45) is 11.6. The van der Waals surface area contributed by atoms with Crippen molar-refractivity contribution in [3.63, 3.8) is 0 Å². The largest absolute Gasteiger partial charge is 0.354 e. The number of amides is 1. The van der Waals surface area contributed by atoms with Gasteiger partial charge in [-0.2, -0.15) is 14.7 Å². The van der Waals surface area contributed by atoms with E-state index in [1.165, 1.54) is 18.4 Å². The minimum atomic E-state index is -0.227. The maximum Gasteiger partial charge on any atom is 0.271 e. The standard InChI is InChI=1S/C31H27N9O/c41-28(33-15-20-3-4-20)19-39-18-24(16-35-39)21-5-7-22(8-6-21)27-17-34-30-37-36-29(40(30)38-27)31(11-12-31)25-9-10-26-23(14-25)2-1-13-32-26/h1-2,5-10,13-14,16-18,20H,3-4,11-12,15,19H2,(H,33,41). The number of aromatic nitrogens is 8. The summed E-state index contributed by atoms with van der Waals surface area (Å²) >= 11 is 0. The normalized spacial score (nSPS) is 15.8. The molecule has 4 aromatic heterocycles. The third kappa shape index (κ3) is 4.41. The highest BCUT2D eigenvalue weighted by molar-refractivity contribution is 5.80. The minimum Gasteiger partial charge on any atom is -0.354 e. The van der Waals surface area contributed by atoms with Gasteiger partial charge in [0.1, 0.15) is 12.2 Å². The van der Waals surface area contributed by atoms with E-state index in [4.69, 9.17) is 5.10 Å². The summed E-state index contributed by atoms with van der Waals surface area (Å²) in [5, 5.41) is 22.3. The van der Waals surface area contributed by atoms with Crippen molar-refractivity contribution in [2.24, 2.45) is 5.92 Å². The van der Waals surface area contributed by atoms with Crippen molar-refractivity contribution >= 4 is 22.6 Å². The van der Waals surface area contributed by atoms with Gasteiger partial charge in [0, 0.05) is 35.5 Å². The molecule has 0 bridgehead atoms. The quantitative estimate of drug-likeness (QED) is 0.307. The van der Waals surface area contributed by atoms with E-state index in [-0.39, 0.29) is 17.9 Å². The molecule has 202 valence electrons. The molecule has 1 N–H and O–H groups in total. The zero-order valence-electron chi connectivity index (χ0n) is 22.3. The van der Waals surface area contributed by atoms with Crippen molar-refractivity contribution in [2.75, 3.05) is 6.54 Å². The van der Waals surface area contributed by atoms with Crippen LogP contribution >= 0.6 is 0 Å². The molecule has 0 spiro atoms. The number of rotatable bonds is 8. The van der Waals surface area contributed by atoms with Crippen LogP contribution in [0.1, 0.15) is 37.1 Å². The SMILES string of the molecule is O=C(Cn1cc(-c2ccc(-c3cnc4nnc(C5(c6ccc7ncccc7c6)CC5)n4n3)cc2)cn1)NCC1CC1. The summed E-state index contributed by atoms with van der Waals surface area (Å²) in [6, 6.07) is 18.6. The lowest BCUT2D eigenvalue weighted by Gasteiger charge is -2.14. The predicted octanol–water partition coefficient (Wildman–Crippen LogP) is 4.20. The lowest BCUT2D eigenvalue weighted by Crippen LogP contribution is -2.29. The molecule has 10 nitrogen and oxygen atoms in total. The number of carbonyl (C=O) groups is 1. The number of nitrogens with one attached hydrogen (secondary N) is 1. The van der Waals surface area contributed by atoms with E-state index in [1.807, 2.05) is 42.7 Å². The topological polar surface area (TPSA) is 116 Å². The summed E-state index contributed by atoms with van der Waals surface area (Å²) in [4.78, 5) is 21.2. The van der Waals surface area contributed by atoms with E-state index in [0.717, 1.165) is 58.5 Å². The van der Waals surface area contributed by atoms with Crippen molar-refractivity contribution in [2.45, 2.75) is 37.6 Å². The van der Waals surface area contributed by atoms with Crippen LogP contribution in [0, 0.1) is 5.92 Å². The van der Waals surface area contributed by atoms with Gasteiger partial charge in [-0.15, -0.1) is 10.2 Å². The van der Waals surface area contributed by atoms with Gasteiger partial charge in [0.15, 0.2) is 5.82 Å². The zero-order valence-corrected chi connectivity index (χ0v) is 22.3. The van der Waals surface area contributed by atoms with Crippen LogP contribution in [0.25, 0.3) is 39.1 Å². The van der Waals surface area contributed by atoms with Gasteiger partial charge in [0.2, 0.25) is 5.91 Å². The third-order valence-electron chi connectivity index (χ3n) is 8.21. The van der Waals surface area contributed by atoms with Gasteiger partial charge in [-0.3, -0.25) is 14.5 Å². The fourth-order valence-electron chi connectivity index (χ4n) is 5.48. The molecule has 0 atom stereocenters. The lowest BCUT2D eigenvalue weighted by molar-refractivity contribution is -0.121. The Labute approximate surface area is 235 Å². The highest BCUT2D eigenvalue weighted by Crippen LogP contribution is 2.53. The molecule has 2 aliphatic rings. The highest BCUT2D eigenvalue weighted by Gasteiger charge is 2.50. The van der Waals surface area contributed by atoms with E-state index in [9.17, 15) is 4.79 Å². The predicted molar refractivity (Wildman–Crippen MR) is 153 cm³/mol. The van der Waals surface area contributed by atoms with Crippen LogP contribution < -0.4 is 5.32 Å². The van der Waals surface area contributed by atoms with Crippen LogP contribution in [0.15, 0.2) is 79.4 Å². The molecule has 0 unspecified atom stereocenters. The Morgan fingerprint density at radius 2 is 1.80 bits per heavy atom. The van der Waals surface area contributed by atoms with Crippen molar-refractivity contribution in [3.05, 3.63) is 90.8 Å². The van der Waals surface area contributed by atoms with Crippen molar-refractivity contribution in [1.29, 1.82) is 0 Å². The van der Waals surface area contributed by atoms with Gasteiger partial charge in [-0.1, -0.05) is 36.4 Å².